The third kappa shape index (κ3) is 5.23. The van der Waals surface area contributed by atoms with Crippen molar-refractivity contribution >= 4 is 0 Å². The van der Waals surface area contributed by atoms with E-state index in [-0.39, 0.29) is 0 Å². The van der Waals surface area contributed by atoms with Crippen molar-refractivity contribution in [3.05, 3.63) is 34.9 Å². The zero-order chi connectivity index (χ0) is 14.0. The number of aryl methyl sites for hydroxylation is 2. The first-order chi connectivity index (χ1) is 9.90. The van der Waals surface area contributed by atoms with E-state index in [9.17, 15) is 0 Å². The predicted octanol–water partition coefficient (Wildman–Crippen LogP) is 2.71. The third-order valence-corrected chi connectivity index (χ3v) is 3.82. The van der Waals surface area contributed by atoms with E-state index in [2.05, 4.69) is 23.5 Å². The molecule has 0 heterocycles. The van der Waals surface area contributed by atoms with Crippen molar-refractivity contribution in [3.63, 3.8) is 0 Å². The molecular weight excluding hydrogens is 250 g/mol. The van der Waals surface area contributed by atoms with E-state index in [1.807, 2.05) is 0 Å². The first-order valence-electron chi connectivity index (χ1n) is 7.78. The van der Waals surface area contributed by atoms with Crippen molar-refractivity contribution in [1.82, 2.24) is 5.32 Å². The summed E-state index contributed by atoms with van der Waals surface area (Å²) in [6, 6.07) is 6.96. The smallest absolute Gasteiger partial charge is 0.0700 e. The summed E-state index contributed by atoms with van der Waals surface area (Å²) in [7, 11) is 1.70. The van der Waals surface area contributed by atoms with Crippen molar-refractivity contribution in [2.24, 2.45) is 0 Å². The van der Waals surface area contributed by atoms with E-state index in [1.165, 1.54) is 24.8 Å². The Morgan fingerprint density at radius 2 is 1.95 bits per heavy atom. The lowest BCUT2D eigenvalue weighted by Gasteiger charge is -2.07. The Morgan fingerprint density at radius 3 is 2.85 bits per heavy atom. The summed E-state index contributed by atoms with van der Waals surface area (Å²) in [6.45, 7) is 4.28. The molecule has 3 nitrogen and oxygen atoms in total. The Kier molecular flexibility index (Phi) is 7.06. The van der Waals surface area contributed by atoms with Crippen LogP contribution < -0.4 is 5.32 Å². The fraction of sp³-hybridized carbons (Fsp3) is 0.647. The zero-order valence-corrected chi connectivity index (χ0v) is 12.6. The highest BCUT2D eigenvalue weighted by Crippen LogP contribution is 2.22. The summed E-state index contributed by atoms with van der Waals surface area (Å²) in [5.41, 5.74) is 4.54. The maximum atomic E-state index is 5.44. The van der Waals surface area contributed by atoms with Gasteiger partial charge in [-0.3, -0.25) is 0 Å². The first-order valence-corrected chi connectivity index (χ1v) is 7.78. The molecule has 0 spiro atoms. The van der Waals surface area contributed by atoms with Gasteiger partial charge in [0.05, 0.1) is 13.2 Å². The molecule has 0 amide bonds. The van der Waals surface area contributed by atoms with E-state index in [1.54, 1.807) is 18.2 Å². The fourth-order valence-electron chi connectivity index (χ4n) is 2.67. The van der Waals surface area contributed by atoms with E-state index in [4.69, 9.17) is 9.47 Å². The third-order valence-electron chi connectivity index (χ3n) is 3.82. The van der Waals surface area contributed by atoms with Crippen molar-refractivity contribution < 1.29 is 9.47 Å². The van der Waals surface area contributed by atoms with Gasteiger partial charge >= 0.3 is 0 Å². The van der Waals surface area contributed by atoms with Crippen LogP contribution in [0.3, 0.4) is 0 Å². The minimum Gasteiger partial charge on any atom is -0.382 e. The van der Waals surface area contributed by atoms with Crippen molar-refractivity contribution in [2.75, 3.05) is 33.5 Å². The highest BCUT2D eigenvalue weighted by atomic mass is 16.5. The highest BCUT2D eigenvalue weighted by Gasteiger charge is 2.10. The molecule has 112 valence electrons. The Hall–Kier alpha value is -0.900. The molecule has 1 aromatic rings. The van der Waals surface area contributed by atoms with Gasteiger partial charge < -0.3 is 14.8 Å². The van der Waals surface area contributed by atoms with E-state index in [0.717, 1.165) is 32.5 Å². The predicted molar refractivity (Wildman–Crippen MR) is 82.1 cm³/mol. The fourth-order valence-corrected chi connectivity index (χ4v) is 2.67. The summed E-state index contributed by atoms with van der Waals surface area (Å²) in [4.78, 5) is 0. The number of methoxy groups -OCH3 is 1. The molecule has 1 N–H and O–H groups in total. The molecule has 1 aliphatic rings. The number of hydrogen-bond acceptors (Lipinski definition) is 3. The normalized spacial score (nSPS) is 13.7. The Balaban J connectivity index is 1.51. The van der Waals surface area contributed by atoms with Gasteiger partial charge in [-0.25, -0.2) is 0 Å². The maximum absolute atomic E-state index is 5.44. The van der Waals surface area contributed by atoms with Crippen LogP contribution in [0.4, 0.5) is 0 Å². The number of unbranched alkanes of at least 4 members (excludes halogenated alkanes) is 1. The Bertz CT molecular complexity index is 393. The van der Waals surface area contributed by atoms with E-state index >= 15 is 0 Å². The van der Waals surface area contributed by atoms with Gasteiger partial charge in [0.2, 0.25) is 0 Å². The van der Waals surface area contributed by atoms with Crippen LogP contribution in [-0.4, -0.2) is 33.5 Å². The average molecular weight is 277 g/mol. The minimum atomic E-state index is 0.691. The average Bonchev–Trinajstić information content (AvgIpc) is 2.93. The lowest BCUT2D eigenvalue weighted by Crippen LogP contribution is -2.15. The van der Waals surface area contributed by atoms with Crippen LogP contribution in [0.2, 0.25) is 0 Å². The summed E-state index contributed by atoms with van der Waals surface area (Å²) in [6.07, 6.45) is 6.14. The maximum Gasteiger partial charge on any atom is 0.0700 e. The molecule has 0 bridgehead atoms. The molecule has 0 aliphatic heterocycles. The summed E-state index contributed by atoms with van der Waals surface area (Å²) in [5.74, 6) is 0. The molecule has 1 aromatic carbocycles. The molecular formula is C17H27NO2. The van der Waals surface area contributed by atoms with Crippen molar-refractivity contribution in [2.45, 2.75) is 38.6 Å². The largest absolute Gasteiger partial charge is 0.382 e. The van der Waals surface area contributed by atoms with Gasteiger partial charge in [0.1, 0.15) is 0 Å². The van der Waals surface area contributed by atoms with Crippen LogP contribution in [0.15, 0.2) is 18.2 Å². The van der Waals surface area contributed by atoms with Crippen LogP contribution >= 0.6 is 0 Å². The second-order valence-corrected chi connectivity index (χ2v) is 5.45. The molecule has 0 aromatic heterocycles. The van der Waals surface area contributed by atoms with Crippen LogP contribution in [0.25, 0.3) is 0 Å². The van der Waals surface area contributed by atoms with Gasteiger partial charge in [-0.1, -0.05) is 18.2 Å². The second kappa shape index (κ2) is 9.11. The second-order valence-electron chi connectivity index (χ2n) is 5.45. The topological polar surface area (TPSA) is 30.5 Å². The van der Waals surface area contributed by atoms with Crippen LogP contribution in [0.1, 0.15) is 36.0 Å². The molecule has 3 heteroatoms. The number of rotatable bonds is 10. The van der Waals surface area contributed by atoms with Gasteiger partial charge in [-0.2, -0.15) is 0 Å². The van der Waals surface area contributed by atoms with Gasteiger partial charge in [-0.05, 0) is 55.3 Å². The van der Waals surface area contributed by atoms with Gasteiger partial charge in [0.15, 0.2) is 0 Å². The lowest BCUT2D eigenvalue weighted by atomic mass is 10.1. The molecule has 0 atom stereocenters. The summed E-state index contributed by atoms with van der Waals surface area (Å²) < 4.78 is 10.4. The molecule has 0 unspecified atom stereocenters. The quantitative estimate of drug-likeness (QED) is 0.667. The van der Waals surface area contributed by atoms with E-state index in [0.29, 0.717) is 13.2 Å². The van der Waals surface area contributed by atoms with Gasteiger partial charge in [0.25, 0.3) is 0 Å². The number of hydrogen-bond donors (Lipinski definition) is 1. The highest BCUT2D eigenvalue weighted by molar-refractivity contribution is 5.35. The van der Waals surface area contributed by atoms with Gasteiger partial charge in [0, 0.05) is 20.3 Å². The standard InChI is InChI=1S/C17H27NO2/c1-19-11-12-20-10-3-2-9-18-14-15-7-8-16-5-4-6-17(16)13-15/h7-8,13,18H,2-6,9-12,14H2,1H3. The lowest BCUT2D eigenvalue weighted by molar-refractivity contribution is 0.0688. The molecule has 1 aliphatic carbocycles. The van der Waals surface area contributed by atoms with E-state index < -0.39 is 0 Å². The molecule has 0 radical (unpaired) electrons. The molecule has 0 saturated heterocycles. The number of ether oxygens (including phenoxy) is 2. The molecule has 0 fully saturated rings. The summed E-state index contributed by atoms with van der Waals surface area (Å²) >= 11 is 0. The molecule has 0 saturated carbocycles. The zero-order valence-electron chi connectivity index (χ0n) is 12.6. The number of fused-ring (bicyclic) bond motifs is 1. The number of benzene rings is 1. The van der Waals surface area contributed by atoms with Crippen LogP contribution in [0, 0.1) is 0 Å². The van der Waals surface area contributed by atoms with Crippen LogP contribution in [0.5, 0.6) is 0 Å². The number of nitrogens with one attached hydrogen (secondary N) is 1. The Morgan fingerprint density at radius 1 is 1.05 bits per heavy atom. The van der Waals surface area contributed by atoms with Crippen molar-refractivity contribution in [1.29, 1.82) is 0 Å². The van der Waals surface area contributed by atoms with Crippen molar-refractivity contribution in [3.8, 4) is 0 Å². The Labute approximate surface area is 122 Å². The summed E-state index contributed by atoms with van der Waals surface area (Å²) in [5, 5.41) is 3.51. The minimum absolute atomic E-state index is 0.691. The van der Waals surface area contributed by atoms with Crippen LogP contribution in [-0.2, 0) is 28.9 Å². The monoisotopic (exact) mass is 277 g/mol. The molecule has 20 heavy (non-hydrogen) atoms. The van der Waals surface area contributed by atoms with Gasteiger partial charge in [-0.15, -0.1) is 0 Å². The first kappa shape index (κ1) is 15.5. The molecule has 2 rings (SSSR count). The SMILES string of the molecule is COCCOCCCCNCc1ccc2c(c1)CCC2.